The first-order valence-corrected chi connectivity index (χ1v) is 8.50. The fourth-order valence-corrected chi connectivity index (χ4v) is 3.39. The van der Waals surface area contributed by atoms with E-state index in [1.54, 1.807) is 4.90 Å². The highest BCUT2D eigenvalue weighted by Crippen LogP contribution is 2.01. The lowest BCUT2D eigenvalue weighted by atomic mass is 10.0. The lowest BCUT2D eigenvalue weighted by Crippen LogP contribution is -3.14. The zero-order valence-corrected chi connectivity index (χ0v) is 13.3. The number of nitrogens with one attached hydrogen (secondary N) is 1. The number of likely N-dealkylation sites (tertiary alicyclic amines) is 1. The fraction of sp³-hybridized carbons (Fsp3) is 0.667. The molecule has 20 heavy (non-hydrogen) atoms. The Morgan fingerprint density at radius 3 is 2.55 bits per heavy atom. The normalized spacial score (nSPS) is 24.5. The van der Waals surface area contributed by atoms with Crippen LogP contribution in [0.15, 0.2) is 30.3 Å². The second-order valence-electron chi connectivity index (χ2n) is 6.56. The van der Waals surface area contributed by atoms with Gasteiger partial charge >= 0.3 is 0 Å². The molecule has 0 radical (unpaired) electrons. The molecule has 1 heterocycles. The number of unbranched alkanes of at least 4 members (excludes halogenated alkanes) is 1. The Balaban J connectivity index is 1.67. The van der Waals surface area contributed by atoms with Crippen LogP contribution in [0.4, 0.5) is 0 Å². The van der Waals surface area contributed by atoms with E-state index in [2.05, 4.69) is 49.5 Å². The average Bonchev–Trinajstić information content (AvgIpc) is 2.48. The van der Waals surface area contributed by atoms with Gasteiger partial charge in [0.2, 0.25) is 0 Å². The van der Waals surface area contributed by atoms with Crippen molar-refractivity contribution < 1.29 is 10.2 Å². The minimum absolute atomic E-state index is 0.815. The van der Waals surface area contributed by atoms with Gasteiger partial charge in [0, 0.05) is 18.4 Å². The molecule has 0 unspecified atom stereocenters. The van der Waals surface area contributed by atoms with Crippen LogP contribution >= 0.6 is 0 Å². The first-order valence-electron chi connectivity index (χ1n) is 8.50. The second kappa shape index (κ2) is 8.43. The number of hydrogen-bond donors (Lipinski definition) is 2. The van der Waals surface area contributed by atoms with Crippen molar-refractivity contribution in [2.45, 2.75) is 64.6 Å². The lowest BCUT2D eigenvalue weighted by Gasteiger charge is -2.29. The predicted molar refractivity (Wildman–Crippen MR) is 84.8 cm³/mol. The van der Waals surface area contributed by atoms with E-state index < -0.39 is 0 Å². The molecule has 2 rings (SSSR count). The minimum atomic E-state index is 0.815. The van der Waals surface area contributed by atoms with Crippen LogP contribution in [-0.4, -0.2) is 25.2 Å². The summed E-state index contributed by atoms with van der Waals surface area (Å²) in [5.74, 6) is 0. The van der Waals surface area contributed by atoms with E-state index >= 15 is 0 Å². The first kappa shape index (κ1) is 15.5. The molecule has 1 aromatic carbocycles. The van der Waals surface area contributed by atoms with Crippen molar-refractivity contribution in [3.05, 3.63) is 35.9 Å². The van der Waals surface area contributed by atoms with Crippen molar-refractivity contribution in [3.8, 4) is 0 Å². The van der Waals surface area contributed by atoms with E-state index in [0.717, 1.165) is 12.1 Å². The van der Waals surface area contributed by atoms with Gasteiger partial charge in [-0.05, 0) is 19.8 Å². The van der Waals surface area contributed by atoms with Crippen LogP contribution in [0.5, 0.6) is 0 Å². The van der Waals surface area contributed by atoms with E-state index in [4.69, 9.17) is 0 Å². The van der Waals surface area contributed by atoms with Gasteiger partial charge in [-0.15, -0.1) is 0 Å². The van der Waals surface area contributed by atoms with E-state index in [-0.39, 0.29) is 0 Å². The molecule has 1 atom stereocenters. The molecule has 1 aromatic rings. The SMILES string of the molecule is CCCC[C@H](C)[NH2+]C1CC[NH+](Cc2ccccc2)CC1. The van der Waals surface area contributed by atoms with Crippen LogP contribution in [0.2, 0.25) is 0 Å². The zero-order chi connectivity index (χ0) is 14.2. The Bertz CT molecular complexity index is 355. The molecule has 0 spiro atoms. The van der Waals surface area contributed by atoms with Crippen LogP contribution in [0, 0.1) is 0 Å². The molecule has 1 aliphatic rings. The van der Waals surface area contributed by atoms with Gasteiger partial charge in [-0.3, -0.25) is 0 Å². The van der Waals surface area contributed by atoms with Gasteiger partial charge in [0.05, 0.1) is 25.2 Å². The summed E-state index contributed by atoms with van der Waals surface area (Å²) in [6, 6.07) is 12.6. The molecule has 0 amide bonds. The van der Waals surface area contributed by atoms with Gasteiger partial charge < -0.3 is 10.2 Å². The summed E-state index contributed by atoms with van der Waals surface area (Å²) < 4.78 is 0. The number of quaternary nitrogens is 2. The Kier molecular flexibility index (Phi) is 6.55. The van der Waals surface area contributed by atoms with Crippen LogP contribution in [0.3, 0.4) is 0 Å². The van der Waals surface area contributed by atoms with Crippen molar-refractivity contribution in [1.29, 1.82) is 0 Å². The number of rotatable bonds is 7. The summed E-state index contributed by atoms with van der Waals surface area (Å²) in [6.07, 6.45) is 6.87. The van der Waals surface area contributed by atoms with Crippen molar-refractivity contribution in [2.24, 2.45) is 0 Å². The van der Waals surface area contributed by atoms with E-state index in [0.29, 0.717) is 0 Å². The highest BCUT2D eigenvalue weighted by molar-refractivity contribution is 5.13. The van der Waals surface area contributed by atoms with E-state index in [9.17, 15) is 0 Å². The summed E-state index contributed by atoms with van der Waals surface area (Å²) in [5.41, 5.74) is 1.49. The number of piperidine rings is 1. The molecule has 1 fully saturated rings. The van der Waals surface area contributed by atoms with Gasteiger partial charge in [-0.1, -0.05) is 43.7 Å². The molecule has 112 valence electrons. The predicted octanol–water partition coefficient (Wildman–Crippen LogP) is 1.38. The number of nitrogens with two attached hydrogens (primary N) is 1. The standard InChI is InChI=1S/C18H30N2/c1-3-4-8-16(2)19-18-11-13-20(14-12-18)15-17-9-6-5-7-10-17/h5-7,9-10,16,18-19H,3-4,8,11-15H2,1-2H3/p+2/t16-/m0/s1. The summed E-state index contributed by atoms with van der Waals surface area (Å²) in [6.45, 7) is 8.59. The van der Waals surface area contributed by atoms with Crippen LogP contribution in [-0.2, 0) is 6.54 Å². The zero-order valence-electron chi connectivity index (χ0n) is 13.3. The molecule has 0 saturated carbocycles. The van der Waals surface area contributed by atoms with Gasteiger partial charge in [0.25, 0.3) is 0 Å². The molecule has 1 aliphatic heterocycles. The maximum Gasteiger partial charge on any atom is 0.103 e. The average molecular weight is 276 g/mol. The Morgan fingerprint density at radius 1 is 1.20 bits per heavy atom. The molecule has 3 N–H and O–H groups in total. The molecule has 0 aromatic heterocycles. The quantitative estimate of drug-likeness (QED) is 0.751. The maximum absolute atomic E-state index is 2.65. The Morgan fingerprint density at radius 2 is 1.90 bits per heavy atom. The Hall–Kier alpha value is -0.860. The van der Waals surface area contributed by atoms with Crippen molar-refractivity contribution in [1.82, 2.24) is 0 Å². The fourth-order valence-electron chi connectivity index (χ4n) is 3.39. The largest absolute Gasteiger partial charge is 0.341 e. The molecule has 0 bridgehead atoms. The number of benzene rings is 1. The third-order valence-electron chi connectivity index (χ3n) is 4.65. The van der Waals surface area contributed by atoms with Gasteiger partial charge in [0.1, 0.15) is 6.54 Å². The summed E-state index contributed by atoms with van der Waals surface area (Å²) in [4.78, 5) is 1.77. The monoisotopic (exact) mass is 276 g/mol. The highest BCUT2D eigenvalue weighted by Gasteiger charge is 2.25. The summed E-state index contributed by atoms with van der Waals surface area (Å²) in [7, 11) is 0. The van der Waals surface area contributed by atoms with Crippen LogP contribution < -0.4 is 10.2 Å². The smallest absolute Gasteiger partial charge is 0.103 e. The summed E-state index contributed by atoms with van der Waals surface area (Å²) in [5, 5.41) is 2.65. The van der Waals surface area contributed by atoms with E-state index in [1.807, 2.05) is 0 Å². The minimum Gasteiger partial charge on any atom is -0.341 e. The molecule has 0 aliphatic carbocycles. The molecule has 2 nitrogen and oxygen atoms in total. The van der Waals surface area contributed by atoms with Crippen molar-refractivity contribution in [3.63, 3.8) is 0 Å². The lowest BCUT2D eigenvalue weighted by molar-refractivity contribution is -0.927. The first-order chi connectivity index (χ1) is 9.78. The van der Waals surface area contributed by atoms with Crippen molar-refractivity contribution in [2.75, 3.05) is 13.1 Å². The molecule has 2 heteroatoms. The van der Waals surface area contributed by atoms with Crippen molar-refractivity contribution >= 4 is 0 Å². The second-order valence-corrected chi connectivity index (χ2v) is 6.56. The molecular formula is C18H32N2+2. The van der Waals surface area contributed by atoms with Gasteiger partial charge in [0.15, 0.2) is 0 Å². The number of hydrogen-bond acceptors (Lipinski definition) is 0. The van der Waals surface area contributed by atoms with E-state index in [1.165, 1.54) is 57.3 Å². The third-order valence-corrected chi connectivity index (χ3v) is 4.65. The topological polar surface area (TPSA) is 21.1 Å². The third kappa shape index (κ3) is 5.26. The molecule has 1 saturated heterocycles. The summed E-state index contributed by atoms with van der Waals surface area (Å²) >= 11 is 0. The Labute approximate surface area is 124 Å². The van der Waals surface area contributed by atoms with Gasteiger partial charge in [-0.25, -0.2) is 0 Å². The van der Waals surface area contributed by atoms with Crippen LogP contribution in [0.1, 0.15) is 51.5 Å². The van der Waals surface area contributed by atoms with Gasteiger partial charge in [-0.2, -0.15) is 0 Å². The maximum atomic E-state index is 2.65. The van der Waals surface area contributed by atoms with Crippen LogP contribution in [0.25, 0.3) is 0 Å². The molecular weight excluding hydrogens is 244 g/mol. The highest BCUT2D eigenvalue weighted by atomic mass is 15.1.